The number of carbonyl (C=O) groups excluding carboxylic acids is 2. The number of anilines is 1. The number of nitrogens with one attached hydrogen (secondary N) is 1. The van der Waals surface area contributed by atoms with Gasteiger partial charge in [0.05, 0.1) is 11.4 Å². The van der Waals surface area contributed by atoms with Crippen LogP contribution in [0.2, 0.25) is 0 Å². The molecule has 1 aromatic heterocycles. The van der Waals surface area contributed by atoms with Crippen molar-refractivity contribution in [3.63, 3.8) is 0 Å². The molecule has 0 saturated carbocycles. The molecule has 3 amide bonds. The summed E-state index contributed by atoms with van der Waals surface area (Å²) in [5.74, 6) is -0.0178. The van der Waals surface area contributed by atoms with Crippen LogP contribution < -0.4 is 5.32 Å². The van der Waals surface area contributed by atoms with Crippen molar-refractivity contribution in [3.05, 3.63) is 11.9 Å². The number of urea groups is 1. The fourth-order valence-electron chi connectivity index (χ4n) is 2.75. The van der Waals surface area contributed by atoms with E-state index in [1.54, 1.807) is 28.6 Å². The van der Waals surface area contributed by atoms with Crippen molar-refractivity contribution in [3.8, 4) is 0 Å². The fraction of sp³-hybridized carbons (Fsp3) is 0.667. The minimum absolute atomic E-state index is 0.0133. The van der Waals surface area contributed by atoms with Crippen LogP contribution in [0.15, 0.2) is 6.20 Å². The highest BCUT2D eigenvalue weighted by Gasteiger charge is 2.28. The summed E-state index contributed by atoms with van der Waals surface area (Å²) in [6, 6.07) is 0.0133. The van der Waals surface area contributed by atoms with E-state index in [0.717, 1.165) is 17.8 Å². The van der Waals surface area contributed by atoms with Gasteiger partial charge >= 0.3 is 6.03 Å². The predicted molar refractivity (Wildman–Crippen MR) is 84.6 cm³/mol. The van der Waals surface area contributed by atoms with Gasteiger partial charge in [0.1, 0.15) is 0 Å². The Morgan fingerprint density at radius 1 is 1.36 bits per heavy atom. The molecule has 7 heteroatoms. The molecule has 2 rings (SSSR count). The van der Waals surface area contributed by atoms with Gasteiger partial charge in [-0.1, -0.05) is 6.92 Å². The Morgan fingerprint density at radius 2 is 2.00 bits per heavy atom. The van der Waals surface area contributed by atoms with Crippen LogP contribution in [-0.2, 0) is 18.3 Å². The van der Waals surface area contributed by atoms with Crippen molar-refractivity contribution in [1.82, 2.24) is 19.6 Å². The summed E-state index contributed by atoms with van der Waals surface area (Å²) < 4.78 is 1.72. The van der Waals surface area contributed by atoms with Crippen LogP contribution in [0.3, 0.4) is 0 Å². The number of amides is 3. The molecule has 0 unspecified atom stereocenters. The van der Waals surface area contributed by atoms with E-state index in [9.17, 15) is 9.59 Å². The third-order valence-electron chi connectivity index (χ3n) is 4.02. The van der Waals surface area contributed by atoms with Crippen molar-refractivity contribution >= 4 is 17.6 Å². The molecule has 1 N–H and O–H groups in total. The maximum Gasteiger partial charge on any atom is 0.319 e. The molecule has 0 aliphatic carbocycles. The smallest absolute Gasteiger partial charge is 0.319 e. The second kappa shape index (κ2) is 6.81. The Bertz CT molecular complexity index is 544. The first-order valence-electron chi connectivity index (χ1n) is 7.72. The number of aryl methyl sites for hydroxylation is 2. The van der Waals surface area contributed by atoms with Gasteiger partial charge in [0.25, 0.3) is 0 Å². The summed E-state index contributed by atoms with van der Waals surface area (Å²) in [6.07, 6.45) is 4.02. The minimum Gasteiger partial charge on any atom is -0.331 e. The van der Waals surface area contributed by atoms with E-state index >= 15 is 0 Å². The zero-order valence-electron chi connectivity index (χ0n) is 13.8. The summed E-state index contributed by atoms with van der Waals surface area (Å²) in [4.78, 5) is 27.7. The normalized spacial score (nSPS) is 15.7. The fourth-order valence-corrected chi connectivity index (χ4v) is 2.75. The molecular weight excluding hydrogens is 282 g/mol. The Balaban J connectivity index is 1.91. The summed E-state index contributed by atoms with van der Waals surface area (Å²) in [5.41, 5.74) is 1.69. The van der Waals surface area contributed by atoms with Crippen molar-refractivity contribution in [2.75, 3.05) is 32.5 Å². The topological polar surface area (TPSA) is 70.5 Å². The standard InChI is InChI=1S/C15H25N5O2/c1-5-12-13(10-19(4)17-12)16-14(21)11-6-8-20(9-7-11)15(22)18(2)3/h10-11H,5-9H2,1-4H3,(H,16,21). The molecule has 0 atom stereocenters. The van der Waals surface area contributed by atoms with Gasteiger partial charge in [0.2, 0.25) is 5.91 Å². The lowest BCUT2D eigenvalue weighted by Gasteiger charge is -2.33. The summed E-state index contributed by atoms with van der Waals surface area (Å²) in [7, 11) is 5.34. The average Bonchev–Trinajstić information content (AvgIpc) is 2.86. The Morgan fingerprint density at radius 3 is 2.55 bits per heavy atom. The molecule has 22 heavy (non-hydrogen) atoms. The van der Waals surface area contributed by atoms with Gasteiger partial charge in [-0.2, -0.15) is 5.10 Å². The van der Waals surface area contributed by atoms with Gasteiger partial charge in [-0.15, -0.1) is 0 Å². The van der Waals surface area contributed by atoms with Crippen molar-refractivity contribution in [2.45, 2.75) is 26.2 Å². The number of piperidine rings is 1. The number of likely N-dealkylation sites (tertiary alicyclic amines) is 1. The first kappa shape index (κ1) is 16.3. The van der Waals surface area contributed by atoms with Crippen LogP contribution in [0, 0.1) is 5.92 Å². The lowest BCUT2D eigenvalue weighted by molar-refractivity contribution is -0.121. The Kier molecular flexibility index (Phi) is 5.05. The average molecular weight is 307 g/mol. The van der Waals surface area contributed by atoms with Crippen LogP contribution in [0.4, 0.5) is 10.5 Å². The molecule has 1 aliphatic heterocycles. The molecule has 0 spiro atoms. The second-order valence-electron chi connectivity index (χ2n) is 5.94. The highest BCUT2D eigenvalue weighted by molar-refractivity contribution is 5.93. The zero-order chi connectivity index (χ0) is 16.3. The maximum absolute atomic E-state index is 12.4. The van der Waals surface area contributed by atoms with E-state index in [4.69, 9.17) is 0 Å². The lowest BCUT2D eigenvalue weighted by Crippen LogP contribution is -2.45. The van der Waals surface area contributed by atoms with Crippen LogP contribution in [0.25, 0.3) is 0 Å². The van der Waals surface area contributed by atoms with E-state index in [2.05, 4.69) is 10.4 Å². The molecule has 1 fully saturated rings. The van der Waals surface area contributed by atoms with Gasteiger partial charge in [-0.3, -0.25) is 9.48 Å². The van der Waals surface area contributed by atoms with Gasteiger partial charge in [-0.25, -0.2) is 4.79 Å². The third kappa shape index (κ3) is 3.58. The molecule has 2 heterocycles. The first-order valence-corrected chi connectivity index (χ1v) is 7.72. The number of hydrogen-bond acceptors (Lipinski definition) is 3. The summed E-state index contributed by atoms with van der Waals surface area (Å²) >= 11 is 0. The van der Waals surface area contributed by atoms with E-state index < -0.39 is 0 Å². The molecule has 1 saturated heterocycles. The van der Waals surface area contributed by atoms with Gasteiger partial charge in [0, 0.05) is 46.3 Å². The van der Waals surface area contributed by atoms with Gasteiger partial charge < -0.3 is 15.1 Å². The summed E-state index contributed by atoms with van der Waals surface area (Å²) in [5, 5.41) is 7.31. The quantitative estimate of drug-likeness (QED) is 0.915. The molecule has 0 aromatic carbocycles. The van der Waals surface area contributed by atoms with Gasteiger partial charge in [0.15, 0.2) is 0 Å². The number of rotatable bonds is 3. The van der Waals surface area contributed by atoms with E-state index in [1.807, 2.05) is 20.2 Å². The minimum atomic E-state index is -0.0453. The van der Waals surface area contributed by atoms with E-state index in [-0.39, 0.29) is 17.9 Å². The van der Waals surface area contributed by atoms with Crippen LogP contribution in [0.5, 0.6) is 0 Å². The first-order chi connectivity index (χ1) is 10.4. The number of carbonyl (C=O) groups is 2. The molecule has 1 aromatic rings. The molecule has 7 nitrogen and oxygen atoms in total. The highest BCUT2D eigenvalue weighted by Crippen LogP contribution is 2.21. The molecule has 122 valence electrons. The third-order valence-corrected chi connectivity index (χ3v) is 4.02. The maximum atomic E-state index is 12.4. The Hall–Kier alpha value is -2.05. The zero-order valence-corrected chi connectivity index (χ0v) is 13.8. The predicted octanol–water partition coefficient (Wildman–Crippen LogP) is 1.31. The van der Waals surface area contributed by atoms with E-state index in [1.165, 1.54) is 0 Å². The number of nitrogens with zero attached hydrogens (tertiary/aromatic N) is 4. The van der Waals surface area contributed by atoms with Crippen LogP contribution in [0.1, 0.15) is 25.5 Å². The van der Waals surface area contributed by atoms with Crippen LogP contribution in [-0.4, -0.2) is 58.7 Å². The van der Waals surface area contributed by atoms with Crippen molar-refractivity contribution < 1.29 is 9.59 Å². The Labute approximate surface area is 131 Å². The lowest BCUT2D eigenvalue weighted by atomic mass is 9.96. The van der Waals surface area contributed by atoms with Crippen molar-refractivity contribution in [1.29, 1.82) is 0 Å². The molecule has 0 radical (unpaired) electrons. The van der Waals surface area contributed by atoms with E-state index in [0.29, 0.717) is 25.9 Å². The molecule has 0 bridgehead atoms. The molecule has 1 aliphatic rings. The van der Waals surface area contributed by atoms with Gasteiger partial charge in [-0.05, 0) is 19.3 Å². The number of hydrogen-bond donors (Lipinski definition) is 1. The largest absolute Gasteiger partial charge is 0.331 e. The summed E-state index contributed by atoms with van der Waals surface area (Å²) in [6.45, 7) is 3.27. The number of aromatic nitrogens is 2. The SMILES string of the molecule is CCc1nn(C)cc1NC(=O)C1CCN(C(=O)N(C)C)CC1. The van der Waals surface area contributed by atoms with Crippen molar-refractivity contribution in [2.24, 2.45) is 13.0 Å². The second-order valence-corrected chi connectivity index (χ2v) is 5.94. The molecular formula is C15H25N5O2. The van der Waals surface area contributed by atoms with Crippen LogP contribution >= 0.6 is 0 Å². The highest BCUT2D eigenvalue weighted by atomic mass is 16.2. The monoisotopic (exact) mass is 307 g/mol.